The van der Waals surface area contributed by atoms with Crippen LogP contribution >= 0.6 is 0 Å². The molecule has 1 heterocycles. The van der Waals surface area contributed by atoms with Crippen LogP contribution in [0.1, 0.15) is 26.2 Å². The third-order valence-electron chi connectivity index (χ3n) is 2.22. The van der Waals surface area contributed by atoms with Gasteiger partial charge in [0.05, 0.1) is 6.61 Å². The molecule has 0 radical (unpaired) electrons. The molecule has 0 aromatic rings. The second kappa shape index (κ2) is 5.55. The highest BCUT2D eigenvalue weighted by atomic mass is 28.3. The van der Waals surface area contributed by atoms with E-state index in [2.05, 4.69) is 12.2 Å². The van der Waals surface area contributed by atoms with E-state index < -0.39 is 9.04 Å². The van der Waals surface area contributed by atoms with E-state index in [4.69, 9.17) is 4.43 Å². The molecule has 1 aliphatic heterocycles. The smallest absolute Gasteiger partial charge is 0.177 e. The predicted octanol–water partition coefficient (Wildman–Crippen LogP) is 2.49. The zero-order chi connectivity index (χ0) is 7.94. The van der Waals surface area contributed by atoms with Gasteiger partial charge in [-0.1, -0.05) is 31.4 Å². The van der Waals surface area contributed by atoms with Gasteiger partial charge in [0.15, 0.2) is 9.04 Å². The first-order valence-electron chi connectivity index (χ1n) is 4.66. The van der Waals surface area contributed by atoms with Gasteiger partial charge < -0.3 is 4.43 Å². The van der Waals surface area contributed by atoms with Gasteiger partial charge in [-0.2, -0.15) is 0 Å². The van der Waals surface area contributed by atoms with Crippen molar-refractivity contribution in [1.29, 1.82) is 0 Å². The molecule has 64 valence electrons. The van der Waals surface area contributed by atoms with Crippen LogP contribution in [0.4, 0.5) is 0 Å². The second-order valence-corrected chi connectivity index (χ2v) is 5.89. The summed E-state index contributed by atoms with van der Waals surface area (Å²) in [6.45, 7) is 2.92. The molecule has 0 spiro atoms. The van der Waals surface area contributed by atoms with Crippen molar-refractivity contribution >= 4 is 9.04 Å². The summed E-state index contributed by atoms with van der Waals surface area (Å²) >= 11 is 0. The number of allylic oxidation sites excluding steroid dienone is 1. The summed E-state index contributed by atoms with van der Waals surface area (Å²) in [5.41, 5.74) is 0. The second-order valence-electron chi connectivity index (χ2n) is 3.16. The fraction of sp³-hybridized carbons (Fsp3) is 0.778. The molecule has 0 aliphatic carbocycles. The van der Waals surface area contributed by atoms with E-state index >= 15 is 0 Å². The van der Waals surface area contributed by atoms with Gasteiger partial charge in [0.25, 0.3) is 0 Å². The van der Waals surface area contributed by atoms with Crippen molar-refractivity contribution in [3.63, 3.8) is 0 Å². The summed E-state index contributed by atoms with van der Waals surface area (Å²) in [4.78, 5) is 0. The molecule has 1 rings (SSSR count). The average molecular weight is 170 g/mol. The van der Waals surface area contributed by atoms with Gasteiger partial charge in [0.2, 0.25) is 0 Å². The predicted molar refractivity (Wildman–Crippen MR) is 51.4 cm³/mol. The first-order chi connectivity index (χ1) is 5.43. The normalized spacial score (nSPS) is 21.2. The minimum absolute atomic E-state index is 0.709. The zero-order valence-corrected chi connectivity index (χ0v) is 8.54. The first-order valence-corrected chi connectivity index (χ1v) is 6.76. The molecule has 11 heavy (non-hydrogen) atoms. The Hall–Kier alpha value is -0.0831. The van der Waals surface area contributed by atoms with Crippen LogP contribution in [-0.4, -0.2) is 15.6 Å². The molecule has 0 N–H and O–H groups in total. The molecule has 1 nitrogen and oxygen atoms in total. The largest absolute Gasteiger partial charge is 0.416 e. The maximum absolute atomic E-state index is 5.78. The zero-order valence-electron chi connectivity index (χ0n) is 7.38. The van der Waals surface area contributed by atoms with Crippen molar-refractivity contribution in [2.24, 2.45) is 0 Å². The van der Waals surface area contributed by atoms with Crippen LogP contribution in [0, 0.1) is 0 Å². The van der Waals surface area contributed by atoms with Gasteiger partial charge in [-0.25, -0.2) is 0 Å². The van der Waals surface area contributed by atoms with E-state index in [1.54, 1.807) is 0 Å². The minimum Gasteiger partial charge on any atom is -0.416 e. The third-order valence-corrected chi connectivity index (χ3v) is 4.98. The number of hydrogen-bond acceptors (Lipinski definition) is 1. The Morgan fingerprint density at radius 2 is 2.00 bits per heavy atom. The van der Waals surface area contributed by atoms with Gasteiger partial charge >= 0.3 is 0 Å². The number of rotatable bonds is 3. The molecule has 0 amide bonds. The fourth-order valence-corrected chi connectivity index (χ4v) is 4.01. The van der Waals surface area contributed by atoms with Crippen molar-refractivity contribution in [2.45, 2.75) is 38.3 Å². The van der Waals surface area contributed by atoms with Crippen molar-refractivity contribution in [2.75, 3.05) is 6.61 Å². The topological polar surface area (TPSA) is 9.23 Å². The van der Waals surface area contributed by atoms with Crippen LogP contribution in [0.2, 0.25) is 12.1 Å². The molecule has 1 saturated heterocycles. The van der Waals surface area contributed by atoms with Crippen molar-refractivity contribution < 1.29 is 4.43 Å². The van der Waals surface area contributed by atoms with E-state index in [0.29, 0.717) is 0 Å². The minimum atomic E-state index is -0.709. The molecule has 0 bridgehead atoms. The van der Waals surface area contributed by atoms with Gasteiger partial charge in [0, 0.05) is 0 Å². The Labute approximate surface area is 71.2 Å². The highest BCUT2D eigenvalue weighted by Gasteiger charge is 2.14. The van der Waals surface area contributed by atoms with Gasteiger partial charge in [-0.15, -0.1) is 0 Å². The highest BCUT2D eigenvalue weighted by molar-refractivity contribution is 6.52. The maximum Gasteiger partial charge on any atom is 0.177 e. The molecule has 2 heteroatoms. The average Bonchev–Trinajstić information content (AvgIpc) is 2.07. The Kier molecular flexibility index (Phi) is 4.55. The van der Waals surface area contributed by atoms with Crippen LogP contribution in [0.25, 0.3) is 0 Å². The lowest BCUT2D eigenvalue weighted by molar-refractivity contribution is 0.355. The SMILES string of the molecule is C/C=C/CO[SiH]1CCCCC1. The van der Waals surface area contributed by atoms with Crippen LogP contribution in [0.5, 0.6) is 0 Å². The molecule has 0 saturated carbocycles. The van der Waals surface area contributed by atoms with Crippen LogP contribution in [0.15, 0.2) is 12.2 Å². The van der Waals surface area contributed by atoms with Gasteiger partial charge in [0.1, 0.15) is 0 Å². The Balaban J connectivity index is 2.04. The molecule has 0 atom stereocenters. The van der Waals surface area contributed by atoms with E-state index in [1.807, 2.05) is 6.92 Å². The van der Waals surface area contributed by atoms with Gasteiger partial charge in [-0.05, 0) is 19.0 Å². The van der Waals surface area contributed by atoms with Crippen LogP contribution in [0.3, 0.4) is 0 Å². The maximum atomic E-state index is 5.78. The summed E-state index contributed by atoms with van der Waals surface area (Å²) in [6.07, 6.45) is 8.47. The van der Waals surface area contributed by atoms with Crippen molar-refractivity contribution in [3.8, 4) is 0 Å². The van der Waals surface area contributed by atoms with Gasteiger partial charge in [-0.3, -0.25) is 0 Å². The monoisotopic (exact) mass is 170 g/mol. The summed E-state index contributed by atoms with van der Waals surface area (Å²) in [5, 5.41) is 0. The summed E-state index contributed by atoms with van der Waals surface area (Å²) in [7, 11) is -0.709. The molecule has 0 aromatic carbocycles. The molecule has 0 unspecified atom stereocenters. The lowest BCUT2D eigenvalue weighted by Crippen LogP contribution is -2.20. The summed E-state index contributed by atoms with van der Waals surface area (Å²) in [5.74, 6) is 0. The van der Waals surface area contributed by atoms with E-state index in [-0.39, 0.29) is 0 Å². The standard InChI is InChI=1S/C9H18OSi/c1-2-3-7-10-11-8-5-4-6-9-11/h2-3,11H,4-9H2,1H3/b3-2+. The molecule has 0 aromatic heterocycles. The Bertz CT molecular complexity index is 117. The molecule has 1 aliphatic rings. The first kappa shape index (κ1) is 9.01. The van der Waals surface area contributed by atoms with E-state index in [0.717, 1.165) is 6.61 Å². The lowest BCUT2D eigenvalue weighted by atomic mass is 10.3. The molecular formula is C9H18OSi. The summed E-state index contributed by atoms with van der Waals surface area (Å²) in [6, 6.07) is 2.83. The molecule has 1 fully saturated rings. The van der Waals surface area contributed by atoms with Crippen LogP contribution < -0.4 is 0 Å². The third kappa shape index (κ3) is 3.73. The highest BCUT2D eigenvalue weighted by Crippen LogP contribution is 2.18. The summed E-state index contributed by atoms with van der Waals surface area (Å²) < 4.78 is 5.78. The van der Waals surface area contributed by atoms with Crippen molar-refractivity contribution in [1.82, 2.24) is 0 Å². The fourth-order valence-electron chi connectivity index (χ4n) is 1.52. The van der Waals surface area contributed by atoms with E-state index in [9.17, 15) is 0 Å². The number of hydrogen-bond donors (Lipinski definition) is 0. The Morgan fingerprint density at radius 3 is 2.64 bits per heavy atom. The van der Waals surface area contributed by atoms with Crippen LogP contribution in [-0.2, 0) is 4.43 Å². The molecular weight excluding hydrogens is 152 g/mol. The Morgan fingerprint density at radius 1 is 1.27 bits per heavy atom. The quantitative estimate of drug-likeness (QED) is 0.467. The van der Waals surface area contributed by atoms with Crippen molar-refractivity contribution in [3.05, 3.63) is 12.2 Å². The van der Waals surface area contributed by atoms with E-state index in [1.165, 1.54) is 31.4 Å². The lowest BCUT2D eigenvalue weighted by Gasteiger charge is -2.19.